The van der Waals surface area contributed by atoms with Crippen LogP contribution in [-0.2, 0) is 13.0 Å². The molecule has 1 atom stereocenters. The first-order valence-corrected chi connectivity index (χ1v) is 10.4. The standard InChI is InChI=1S/C21H21Cl2N7O/c1-12-8-15(4-6-25-12)27-20-26-10-14-5-7-30(11-18(14)28-20)21(31)29-19(24)13-2-3-16(22)17(23)9-13/h2-4,6,8-10,19H,5,7,11,24H2,1H3,(H,29,31)(H,25,26,27,28)/t19-/m0/s1. The van der Waals surface area contributed by atoms with Gasteiger partial charge in [-0.3, -0.25) is 4.98 Å². The maximum atomic E-state index is 12.8. The molecule has 0 fully saturated rings. The zero-order valence-electron chi connectivity index (χ0n) is 16.8. The largest absolute Gasteiger partial charge is 0.324 e. The summed E-state index contributed by atoms with van der Waals surface area (Å²) in [5, 5.41) is 6.80. The third-order valence-electron chi connectivity index (χ3n) is 4.97. The lowest BCUT2D eigenvalue weighted by Crippen LogP contribution is -2.46. The van der Waals surface area contributed by atoms with Gasteiger partial charge in [0.25, 0.3) is 0 Å². The van der Waals surface area contributed by atoms with Crippen LogP contribution in [0.3, 0.4) is 0 Å². The summed E-state index contributed by atoms with van der Waals surface area (Å²) in [6, 6.07) is 8.51. The number of aryl methyl sites for hydroxylation is 1. The summed E-state index contributed by atoms with van der Waals surface area (Å²) >= 11 is 12.0. The fourth-order valence-corrected chi connectivity index (χ4v) is 3.61. The number of benzene rings is 1. The number of nitrogens with one attached hydrogen (secondary N) is 2. The highest BCUT2D eigenvalue weighted by Crippen LogP contribution is 2.25. The number of carbonyl (C=O) groups excluding carboxylic acids is 1. The summed E-state index contributed by atoms with van der Waals surface area (Å²) < 4.78 is 0. The van der Waals surface area contributed by atoms with Crippen LogP contribution in [0.5, 0.6) is 0 Å². The number of aromatic nitrogens is 3. The maximum Gasteiger partial charge on any atom is 0.319 e. The molecule has 2 amide bonds. The quantitative estimate of drug-likeness (QED) is 0.511. The van der Waals surface area contributed by atoms with Crippen molar-refractivity contribution in [3.8, 4) is 0 Å². The van der Waals surface area contributed by atoms with Crippen LogP contribution >= 0.6 is 23.2 Å². The van der Waals surface area contributed by atoms with Crippen molar-refractivity contribution in [3.05, 3.63) is 75.3 Å². The van der Waals surface area contributed by atoms with Gasteiger partial charge in [-0.15, -0.1) is 0 Å². The van der Waals surface area contributed by atoms with Crippen LogP contribution in [-0.4, -0.2) is 32.4 Å². The van der Waals surface area contributed by atoms with E-state index in [1.165, 1.54) is 0 Å². The molecule has 0 spiro atoms. The molecule has 8 nitrogen and oxygen atoms in total. The predicted molar refractivity (Wildman–Crippen MR) is 120 cm³/mol. The molecule has 0 saturated carbocycles. The number of hydrogen-bond acceptors (Lipinski definition) is 6. The van der Waals surface area contributed by atoms with Gasteiger partial charge in [0.1, 0.15) is 6.17 Å². The van der Waals surface area contributed by atoms with Crippen molar-refractivity contribution in [2.24, 2.45) is 5.73 Å². The zero-order chi connectivity index (χ0) is 22.0. The smallest absolute Gasteiger partial charge is 0.319 e. The Morgan fingerprint density at radius 2 is 2.03 bits per heavy atom. The molecule has 1 aliphatic heterocycles. The summed E-state index contributed by atoms with van der Waals surface area (Å²) in [4.78, 5) is 27.6. The second kappa shape index (κ2) is 9.05. The summed E-state index contributed by atoms with van der Waals surface area (Å²) in [5.74, 6) is 0.471. The lowest BCUT2D eigenvalue weighted by molar-refractivity contribution is 0.187. The molecule has 1 aliphatic rings. The summed E-state index contributed by atoms with van der Waals surface area (Å²) in [7, 11) is 0. The number of nitrogens with two attached hydrogens (primary N) is 1. The Morgan fingerprint density at radius 3 is 2.81 bits per heavy atom. The Bertz CT molecular complexity index is 1120. The van der Waals surface area contributed by atoms with Gasteiger partial charge in [-0.2, -0.15) is 0 Å². The minimum atomic E-state index is -0.707. The molecule has 2 aromatic heterocycles. The Hall–Kier alpha value is -2.94. The number of halogens is 2. The zero-order valence-corrected chi connectivity index (χ0v) is 18.3. The molecule has 3 aromatic rings. The molecule has 1 aromatic carbocycles. The van der Waals surface area contributed by atoms with Crippen LogP contribution in [0.1, 0.15) is 28.7 Å². The first kappa shape index (κ1) is 21.3. The Labute approximate surface area is 189 Å². The second-order valence-corrected chi connectivity index (χ2v) is 8.06. The number of carbonyl (C=O) groups is 1. The molecule has 3 heterocycles. The Balaban J connectivity index is 1.43. The van der Waals surface area contributed by atoms with Gasteiger partial charge in [0.05, 0.1) is 22.3 Å². The van der Waals surface area contributed by atoms with Crippen molar-refractivity contribution in [1.82, 2.24) is 25.2 Å². The molecule has 4 N–H and O–H groups in total. The molecule has 31 heavy (non-hydrogen) atoms. The molecule has 0 radical (unpaired) electrons. The van der Waals surface area contributed by atoms with E-state index < -0.39 is 6.17 Å². The molecule has 0 aliphatic carbocycles. The van der Waals surface area contributed by atoms with Gasteiger partial charge in [-0.05, 0) is 48.7 Å². The molecule has 160 valence electrons. The van der Waals surface area contributed by atoms with E-state index in [0.717, 1.165) is 22.6 Å². The lowest BCUT2D eigenvalue weighted by Gasteiger charge is -2.29. The van der Waals surface area contributed by atoms with E-state index in [-0.39, 0.29) is 6.03 Å². The highest BCUT2D eigenvalue weighted by atomic mass is 35.5. The Kier molecular flexibility index (Phi) is 6.22. The highest BCUT2D eigenvalue weighted by Gasteiger charge is 2.24. The molecular weight excluding hydrogens is 437 g/mol. The van der Waals surface area contributed by atoms with E-state index in [9.17, 15) is 4.79 Å². The van der Waals surface area contributed by atoms with E-state index in [1.807, 2.05) is 19.1 Å². The SMILES string of the molecule is Cc1cc(Nc2ncc3c(n2)CN(C(=O)N[C@H](N)c2ccc(Cl)c(Cl)c2)CC3)ccn1. The molecule has 4 rings (SSSR count). The van der Waals surface area contributed by atoms with Crippen molar-refractivity contribution >= 4 is 40.9 Å². The van der Waals surface area contributed by atoms with Gasteiger partial charge in [-0.25, -0.2) is 14.8 Å². The van der Waals surface area contributed by atoms with Crippen LogP contribution in [0.15, 0.2) is 42.7 Å². The predicted octanol–water partition coefficient (Wildman–Crippen LogP) is 3.96. The third-order valence-corrected chi connectivity index (χ3v) is 5.71. The average molecular weight is 458 g/mol. The van der Waals surface area contributed by atoms with Crippen molar-refractivity contribution in [2.45, 2.75) is 26.1 Å². The average Bonchev–Trinajstić information content (AvgIpc) is 2.75. The fourth-order valence-electron chi connectivity index (χ4n) is 3.30. The van der Waals surface area contributed by atoms with Gasteiger partial charge in [0.2, 0.25) is 5.95 Å². The van der Waals surface area contributed by atoms with Crippen molar-refractivity contribution < 1.29 is 4.79 Å². The number of urea groups is 1. The first-order valence-electron chi connectivity index (χ1n) is 9.69. The number of fused-ring (bicyclic) bond motifs is 1. The maximum absolute atomic E-state index is 12.8. The third kappa shape index (κ3) is 5.04. The number of amides is 2. The topological polar surface area (TPSA) is 109 Å². The number of hydrogen-bond donors (Lipinski definition) is 3. The summed E-state index contributed by atoms with van der Waals surface area (Å²) in [5.41, 5.74) is 10.4. The summed E-state index contributed by atoms with van der Waals surface area (Å²) in [6.45, 7) is 2.83. The first-order chi connectivity index (χ1) is 14.9. The molecule has 0 saturated heterocycles. The van der Waals surface area contributed by atoms with Gasteiger partial charge in [-0.1, -0.05) is 29.3 Å². The van der Waals surface area contributed by atoms with Crippen molar-refractivity contribution in [2.75, 3.05) is 11.9 Å². The van der Waals surface area contributed by atoms with Crippen LogP contribution < -0.4 is 16.4 Å². The van der Waals surface area contributed by atoms with Crippen LogP contribution in [0, 0.1) is 6.92 Å². The Morgan fingerprint density at radius 1 is 1.19 bits per heavy atom. The molecule has 0 bridgehead atoms. The molecular formula is C21H21Cl2N7O. The minimum absolute atomic E-state index is 0.276. The van der Waals surface area contributed by atoms with Gasteiger partial charge in [0, 0.05) is 30.3 Å². The van der Waals surface area contributed by atoms with Gasteiger partial charge in [0.15, 0.2) is 0 Å². The molecule has 0 unspecified atom stereocenters. The van der Waals surface area contributed by atoms with Crippen LogP contribution in [0.25, 0.3) is 0 Å². The minimum Gasteiger partial charge on any atom is -0.324 e. The number of rotatable bonds is 4. The van der Waals surface area contributed by atoms with Gasteiger partial charge < -0.3 is 21.3 Å². The normalized spacial score (nSPS) is 14.0. The van der Waals surface area contributed by atoms with Crippen LogP contribution in [0.4, 0.5) is 16.4 Å². The summed E-state index contributed by atoms with van der Waals surface area (Å²) in [6.07, 6.45) is 3.48. The highest BCUT2D eigenvalue weighted by molar-refractivity contribution is 6.42. The van der Waals surface area contributed by atoms with Crippen molar-refractivity contribution in [3.63, 3.8) is 0 Å². The van der Waals surface area contributed by atoms with Gasteiger partial charge >= 0.3 is 6.03 Å². The molecule has 10 heteroatoms. The number of anilines is 2. The lowest BCUT2D eigenvalue weighted by atomic mass is 10.1. The second-order valence-electron chi connectivity index (χ2n) is 7.25. The van der Waals surface area contributed by atoms with Crippen molar-refractivity contribution in [1.29, 1.82) is 0 Å². The van der Waals surface area contributed by atoms with E-state index >= 15 is 0 Å². The van der Waals surface area contributed by atoms with E-state index in [1.54, 1.807) is 35.5 Å². The van der Waals surface area contributed by atoms with E-state index in [2.05, 4.69) is 25.6 Å². The number of pyridine rings is 1. The monoisotopic (exact) mass is 457 g/mol. The van der Waals surface area contributed by atoms with E-state index in [4.69, 9.17) is 28.9 Å². The van der Waals surface area contributed by atoms with E-state index in [0.29, 0.717) is 41.1 Å². The number of nitrogens with zero attached hydrogens (tertiary/aromatic N) is 4. The fraction of sp³-hybridized carbons (Fsp3) is 0.238. The van der Waals surface area contributed by atoms with Crippen LogP contribution in [0.2, 0.25) is 10.0 Å².